The van der Waals surface area contributed by atoms with Gasteiger partial charge >= 0.3 is 5.00 Å². The second-order valence-electron chi connectivity index (χ2n) is 6.99. The Morgan fingerprint density at radius 3 is 2.61 bits per heavy atom. The van der Waals surface area contributed by atoms with Crippen molar-refractivity contribution < 1.29 is 9.72 Å². The fraction of sp³-hybridized carbons (Fsp3) is 0.300. The third-order valence-electron chi connectivity index (χ3n) is 5.04. The summed E-state index contributed by atoms with van der Waals surface area (Å²) in [5, 5.41) is 19.9. The van der Waals surface area contributed by atoms with Gasteiger partial charge in [-0.3, -0.25) is 14.9 Å². The van der Waals surface area contributed by atoms with Crippen LogP contribution in [-0.4, -0.2) is 27.9 Å². The summed E-state index contributed by atoms with van der Waals surface area (Å²) in [5.41, 5.74) is 1.33. The normalized spacial score (nSPS) is 19.3. The van der Waals surface area contributed by atoms with Crippen LogP contribution in [0.2, 0.25) is 0 Å². The molecule has 0 atom stereocenters. The Bertz CT molecular complexity index is 1010. The molecule has 0 unspecified atom stereocenters. The van der Waals surface area contributed by atoms with Crippen molar-refractivity contribution in [3.05, 3.63) is 63.5 Å². The molecule has 2 aromatic heterocycles. The molecule has 4 rings (SSSR count). The highest BCUT2D eigenvalue weighted by atomic mass is 32.1. The smallest absolute Gasteiger partial charge is 0.324 e. The van der Waals surface area contributed by atoms with Gasteiger partial charge in [0.05, 0.1) is 16.0 Å². The van der Waals surface area contributed by atoms with E-state index in [-0.39, 0.29) is 17.0 Å². The summed E-state index contributed by atoms with van der Waals surface area (Å²) < 4.78 is 0. The number of hydrogen-bond acceptors (Lipinski definition) is 6. The lowest BCUT2D eigenvalue weighted by Crippen LogP contribution is -2.40. The number of anilines is 1. The number of benzene rings is 1. The lowest BCUT2D eigenvalue weighted by atomic mass is 9.91. The average Bonchev–Trinajstić information content (AvgIpc) is 3.20. The van der Waals surface area contributed by atoms with Gasteiger partial charge in [0.1, 0.15) is 5.82 Å². The SMILES string of the molecule is O=C(NC1CCC(Nc2ccc3ccccc3n2)CC1)c1csc([N+](=O)[O-])c1. The summed E-state index contributed by atoms with van der Waals surface area (Å²) in [5.74, 6) is 0.633. The molecule has 144 valence electrons. The van der Waals surface area contributed by atoms with Crippen molar-refractivity contribution in [2.75, 3.05) is 5.32 Å². The monoisotopic (exact) mass is 396 g/mol. The number of carbonyl (C=O) groups excluding carboxylic acids is 1. The second-order valence-corrected chi connectivity index (χ2v) is 7.88. The molecule has 1 aromatic carbocycles. The number of thiophene rings is 1. The molecule has 1 aliphatic carbocycles. The molecule has 3 aromatic rings. The number of para-hydroxylation sites is 1. The highest BCUT2D eigenvalue weighted by Gasteiger charge is 2.24. The maximum Gasteiger partial charge on any atom is 0.324 e. The number of hydrogen-bond donors (Lipinski definition) is 2. The van der Waals surface area contributed by atoms with E-state index in [1.54, 1.807) is 0 Å². The van der Waals surface area contributed by atoms with Gasteiger partial charge in [-0.25, -0.2) is 4.98 Å². The van der Waals surface area contributed by atoms with Crippen LogP contribution in [0.25, 0.3) is 10.9 Å². The summed E-state index contributed by atoms with van der Waals surface area (Å²) in [6.45, 7) is 0. The van der Waals surface area contributed by atoms with E-state index in [9.17, 15) is 14.9 Å². The van der Waals surface area contributed by atoms with Crippen LogP contribution in [-0.2, 0) is 0 Å². The quantitative estimate of drug-likeness (QED) is 0.493. The summed E-state index contributed by atoms with van der Waals surface area (Å²) >= 11 is 0.973. The fourth-order valence-electron chi connectivity index (χ4n) is 3.55. The molecule has 7 nitrogen and oxygen atoms in total. The van der Waals surface area contributed by atoms with Crippen LogP contribution >= 0.6 is 11.3 Å². The first-order chi connectivity index (χ1) is 13.6. The van der Waals surface area contributed by atoms with E-state index in [1.807, 2.05) is 30.3 Å². The first kappa shape index (κ1) is 18.4. The van der Waals surface area contributed by atoms with E-state index < -0.39 is 4.92 Å². The zero-order valence-corrected chi connectivity index (χ0v) is 15.9. The predicted octanol–water partition coefficient (Wildman–Crippen LogP) is 4.36. The number of nitro groups is 1. The maximum absolute atomic E-state index is 12.3. The van der Waals surface area contributed by atoms with Crippen LogP contribution in [0.15, 0.2) is 47.8 Å². The van der Waals surface area contributed by atoms with Gasteiger partial charge in [-0.15, -0.1) is 0 Å². The molecular formula is C20H20N4O3S. The Labute approximate surface area is 165 Å². The summed E-state index contributed by atoms with van der Waals surface area (Å²) in [6, 6.07) is 13.8. The van der Waals surface area contributed by atoms with Gasteiger partial charge in [0.15, 0.2) is 0 Å². The van der Waals surface area contributed by atoms with Crippen LogP contribution < -0.4 is 10.6 Å². The van der Waals surface area contributed by atoms with Gasteiger partial charge in [0.2, 0.25) is 0 Å². The molecular weight excluding hydrogens is 376 g/mol. The van der Waals surface area contributed by atoms with Crippen molar-refractivity contribution in [2.45, 2.75) is 37.8 Å². The lowest BCUT2D eigenvalue weighted by Gasteiger charge is -2.30. The number of nitrogens with zero attached hydrogens (tertiary/aromatic N) is 2. The Kier molecular flexibility index (Phi) is 5.21. The fourth-order valence-corrected chi connectivity index (χ4v) is 4.25. The molecule has 0 bridgehead atoms. The summed E-state index contributed by atoms with van der Waals surface area (Å²) in [6.07, 6.45) is 3.60. The number of aromatic nitrogens is 1. The van der Waals surface area contributed by atoms with Crippen molar-refractivity contribution in [3.8, 4) is 0 Å². The number of fused-ring (bicyclic) bond motifs is 1. The Morgan fingerprint density at radius 1 is 1.11 bits per heavy atom. The third-order valence-corrected chi connectivity index (χ3v) is 5.92. The zero-order chi connectivity index (χ0) is 19.5. The molecule has 0 spiro atoms. The van der Waals surface area contributed by atoms with Crippen LogP contribution in [0, 0.1) is 10.1 Å². The van der Waals surface area contributed by atoms with Crippen molar-refractivity contribution in [1.82, 2.24) is 10.3 Å². The topological polar surface area (TPSA) is 97.2 Å². The minimum absolute atomic E-state index is 0.0130. The number of carbonyl (C=O) groups is 1. The van der Waals surface area contributed by atoms with E-state index in [4.69, 9.17) is 0 Å². The zero-order valence-electron chi connectivity index (χ0n) is 15.1. The molecule has 1 aliphatic rings. The van der Waals surface area contributed by atoms with Gasteiger partial charge in [-0.05, 0) is 43.9 Å². The number of amides is 1. The van der Waals surface area contributed by atoms with E-state index in [0.29, 0.717) is 11.6 Å². The summed E-state index contributed by atoms with van der Waals surface area (Å²) in [4.78, 5) is 27.2. The van der Waals surface area contributed by atoms with E-state index in [1.165, 1.54) is 11.4 Å². The van der Waals surface area contributed by atoms with Gasteiger partial charge in [-0.2, -0.15) is 0 Å². The van der Waals surface area contributed by atoms with E-state index in [0.717, 1.165) is 53.7 Å². The van der Waals surface area contributed by atoms with Gasteiger partial charge in [-0.1, -0.05) is 29.5 Å². The number of rotatable bonds is 5. The summed E-state index contributed by atoms with van der Waals surface area (Å²) in [7, 11) is 0. The van der Waals surface area contributed by atoms with Crippen LogP contribution in [0.4, 0.5) is 10.8 Å². The molecule has 1 fully saturated rings. The Balaban J connectivity index is 1.30. The molecule has 1 amide bonds. The minimum Gasteiger partial charge on any atom is -0.367 e. The average molecular weight is 396 g/mol. The second kappa shape index (κ2) is 7.93. The molecule has 0 saturated heterocycles. The Morgan fingerprint density at radius 2 is 1.86 bits per heavy atom. The molecule has 2 N–H and O–H groups in total. The lowest BCUT2D eigenvalue weighted by molar-refractivity contribution is -0.380. The standard InChI is InChI=1S/C20H20N4O3S/c25-20(14-11-19(24(26)27)28-12-14)22-16-8-6-15(7-9-16)21-18-10-5-13-3-1-2-4-17(13)23-18/h1-5,10-12,15-16H,6-9H2,(H,21,23)(H,22,25). The van der Waals surface area contributed by atoms with Crippen molar-refractivity contribution in [1.29, 1.82) is 0 Å². The molecule has 28 heavy (non-hydrogen) atoms. The number of nitrogens with one attached hydrogen (secondary N) is 2. The molecule has 2 heterocycles. The van der Waals surface area contributed by atoms with Gasteiger partial charge < -0.3 is 10.6 Å². The van der Waals surface area contributed by atoms with Crippen molar-refractivity contribution >= 4 is 39.0 Å². The van der Waals surface area contributed by atoms with Gasteiger partial charge in [0, 0.05) is 28.9 Å². The predicted molar refractivity (Wildman–Crippen MR) is 110 cm³/mol. The van der Waals surface area contributed by atoms with Crippen molar-refractivity contribution in [2.24, 2.45) is 0 Å². The molecule has 1 saturated carbocycles. The molecule has 0 radical (unpaired) electrons. The largest absolute Gasteiger partial charge is 0.367 e. The maximum atomic E-state index is 12.3. The van der Waals surface area contributed by atoms with E-state index >= 15 is 0 Å². The van der Waals surface area contributed by atoms with Crippen molar-refractivity contribution in [3.63, 3.8) is 0 Å². The van der Waals surface area contributed by atoms with Gasteiger partial charge in [0.25, 0.3) is 5.91 Å². The van der Waals surface area contributed by atoms with E-state index in [2.05, 4.69) is 21.7 Å². The number of pyridine rings is 1. The van der Waals surface area contributed by atoms with Crippen LogP contribution in [0.5, 0.6) is 0 Å². The Hall–Kier alpha value is -3.00. The molecule has 0 aliphatic heterocycles. The highest BCUT2D eigenvalue weighted by molar-refractivity contribution is 7.13. The third kappa shape index (κ3) is 4.12. The first-order valence-corrected chi connectivity index (χ1v) is 10.1. The first-order valence-electron chi connectivity index (χ1n) is 9.24. The molecule has 8 heteroatoms. The van der Waals surface area contributed by atoms with Crippen LogP contribution in [0.3, 0.4) is 0 Å². The van der Waals surface area contributed by atoms with Crippen LogP contribution in [0.1, 0.15) is 36.0 Å². The minimum atomic E-state index is -0.473. The highest BCUT2D eigenvalue weighted by Crippen LogP contribution is 2.25.